The second kappa shape index (κ2) is 6.06. The maximum atomic E-state index is 12.4. The minimum atomic E-state index is -3.73. The normalized spacial score (nSPS) is 33.5. The number of carbonyl (C=O) groups is 1. The number of aryl methyl sites for hydroxylation is 1. The van der Waals surface area contributed by atoms with Gasteiger partial charge < -0.3 is 4.18 Å². The van der Waals surface area contributed by atoms with Gasteiger partial charge in [0.15, 0.2) is 0 Å². The molecule has 4 atom stereocenters. The van der Waals surface area contributed by atoms with E-state index in [2.05, 4.69) is 6.92 Å². The Morgan fingerprint density at radius 2 is 1.92 bits per heavy atom. The van der Waals surface area contributed by atoms with Gasteiger partial charge in [0.25, 0.3) is 0 Å². The first kappa shape index (κ1) is 18.0. The molecule has 3 aliphatic carbocycles. The van der Waals surface area contributed by atoms with Crippen molar-refractivity contribution >= 4 is 16.1 Å². The lowest BCUT2D eigenvalue weighted by molar-refractivity contribution is -0.129. The number of fused-ring (bicyclic) bond motifs is 5. The lowest BCUT2D eigenvalue weighted by Gasteiger charge is -2.48. The van der Waals surface area contributed by atoms with E-state index in [4.69, 9.17) is 4.18 Å². The predicted octanol–water partition coefficient (Wildman–Crippen LogP) is 3.30. The topological polar surface area (TPSA) is 63.7 Å². The van der Waals surface area contributed by atoms with Crippen LogP contribution in [0.3, 0.4) is 0 Å². The van der Waals surface area contributed by atoms with Gasteiger partial charge >= 0.3 is 10.3 Å². The second-order valence-electron chi connectivity index (χ2n) is 8.52. The van der Waals surface area contributed by atoms with Gasteiger partial charge in [0, 0.05) is 25.9 Å². The molecule has 0 spiro atoms. The summed E-state index contributed by atoms with van der Waals surface area (Å²) < 4.78 is 30.2. The fourth-order valence-corrected chi connectivity index (χ4v) is 6.07. The number of nitrogens with zero attached hydrogens (tertiary/aromatic N) is 1. The molecule has 0 N–H and O–H groups in total. The third-order valence-corrected chi connectivity index (χ3v) is 8.35. The van der Waals surface area contributed by atoms with E-state index >= 15 is 0 Å². The van der Waals surface area contributed by atoms with Crippen molar-refractivity contribution in [2.45, 2.75) is 51.4 Å². The summed E-state index contributed by atoms with van der Waals surface area (Å²) in [5.74, 6) is 2.41. The van der Waals surface area contributed by atoms with Crippen LogP contribution in [0.1, 0.15) is 56.1 Å². The Morgan fingerprint density at radius 3 is 2.65 bits per heavy atom. The largest absolute Gasteiger partial charge is 0.384 e. The molecule has 0 amide bonds. The third kappa shape index (κ3) is 2.69. The third-order valence-electron chi connectivity index (χ3n) is 7.06. The van der Waals surface area contributed by atoms with E-state index in [9.17, 15) is 13.2 Å². The van der Waals surface area contributed by atoms with E-state index in [-0.39, 0.29) is 5.41 Å². The van der Waals surface area contributed by atoms with Crippen LogP contribution in [0.5, 0.6) is 5.75 Å². The highest BCUT2D eigenvalue weighted by atomic mass is 32.2. The van der Waals surface area contributed by atoms with Crippen molar-refractivity contribution in [3.05, 3.63) is 29.3 Å². The zero-order valence-electron chi connectivity index (χ0n) is 15.7. The van der Waals surface area contributed by atoms with Crippen molar-refractivity contribution in [1.82, 2.24) is 4.31 Å². The summed E-state index contributed by atoms with van der Waals surface area (Å²) in [6.45, 7) is 2.18. The highest BCUT2D eigenvalue weighted by Gasteiger charge is 2.54. The summed E-state index contributed by atoms with van der Waals surface area (Å²) in [5.41, 5.74) is 2.42. The highest BCUT2D eigenvalue weighted by molar-refractivity contribution is 7.84. The minimum absolute atomic E-state index is 0.110. The van der Waals surface area contributed by atoms with Crippen LogP contribution in [0, 0.1) is 17.3 Å². The van der Waals surface area contributed by atoms with Crippen molar-refractivity contribution in [3.8, 4) is 5.75 Å². The van der Waals surface area contributed by atoms with Crippen molar-refractivity contribution in [1.29, 1.82) is 0 Å². The van der Waals surface area contributed by atoms with E-state index in [1.54, 1.807) is 6.07 Å². The predicted molar refractivity (Wildman–Crippen MR) is 99.3 cm³/mol. The molecule has 0 heterocycles. The number of rotatable bonds is 3. The molecule has 3 unspecified atom stereocenters. The van der Waals surface area contributed by atoms with Crippen molar-refractivity contribution in [3.63, 3.8) is 0 Å². The summed E-state index contributed by atoms with van der Waals surface area (Å²) in [5, 5.41) is 0. The van der Waals surface area contributed by atoms with Gasteiger partial charge in [0.05, 0.1) is 0 Å². The van der Waals surface area contributed by atoms with Gasteiger partial charge in [-0.2, -0.15) is 12.7 Å². The Balaban J connectivity index is 1.61. The van der Waals surface area contributed by atoms with E-state index < -0.39 is 10.3 Å². The number of benzene rings is 1. The van der Waals surface area contributed by atoms with Crippen molar-refractivity contribution in [2.75, 3.05) is 14.1 Å². The maximum Gasteiger partial charge on any atom is 0.384 e. The summed E-state index contributed by atoms with van der Waals surface area (Å²) in [6.07, 6.45) is 5.81. The second-order valence-corrected chi connectivity index (χ2v) is 10.3. The summed E-state index contributed by atoms with van der Waals surface area (Å²) >= 11 is 0. The van der Waals surface area contributed by atoms with E-state index in [0.717, 1.165) is 42.8 Å². The first-order valence-electron chi connectivity index (χ1n) is 9.50. The number of ketones is 1. The van der Waals surface area contributed by atoms with E-state index in [1.807, 2.05) is 12.1 Å². The van der Waals surface area contributed by atoms with Gasteiger partial charge in [-0.25, -0.2) is 0 Å². The minimum Gasteiger partial charge on any atom is -0.371 e. The SMILES string of the molecule is CN(C)S(=O)(=O)Oc1ccc2c(c1)CCC1C2CC[C@]2(C)C(=O)CCC12. The smallest absolute Gasteiger partial charge is 0.371 e. The van der Waals surface area contributed by atoms with Gasteiger partial charge in [-0.15, -0.1) is 0 Å². The molecule has 5 nitrogen and oxygen atoms in total. The molecular formula is C20H27NO4S. The fourth-order valence-electron chi connectivity index (χ4n) is 5.58. The molecule has 0 aliphatic heterocycles. The van der Waals surface area contributed by atoms with Crippen molar-refractivity contribution in [2.24, 2.45) is 17.3 Å². The molecule has 2 fully saturated rings. The Bertz CT molecular complexity index is 847. The Hall–Kier alpha value is -1.40. The molecule has 1 aromatic carbocycles. The fraction of sp³-hybridized carbons (Fsp3) is 0.650. The first-order valence-corrected chi connectivity index (χ1v) is 10.9. The highest BCUT2D eigenvalue weighted by Crippen LogP contribution is 2.59. The lowest BCUT2D eigenvalue weighted by Crippen LogP contribution is -2.42. The molecule has 0 radical (unpaired) electrons. The number of hydrogen-bond donors (Lipinski definition) is 0. The van der Waals surface area contributed by atoms with Crippen LogP contribution in [0.2, 0.25) is 0 Å². The van der Waals surface area contributed by atoms with Gasteiger partial charge in [-0.05, 0) is 73.1 Å². The van der Waals surface area contributed by atoms with Crippen LogP contribution in [0.4, 0.5) is 0 Å². The molecule has 142 valence electrons. The van der Waals surface area contributed by atoms with E-state index in [0.29, 0.717) is 29.3 Å². The van der Waals surface area contributed by atoms with Crippen LogP contribution >= 0.6 is 0 Å². The standard InChI is InChI=1S/C20H27NO4S/c1-20-11-10-16-15-7-5-14(25-26(23,24)21(2)3)12-13(15)4-6-17(16)18(20)8-9-19(20)22/h5,7,12,16-18H,4,6,8-11H2,1-3H3/t16?,17?,18?,20-/m0/s1. The number of hydrogen-bond acceptors (Lipinski definition) is 4. The molecule has 26 heavy (non-hydrogen) atoms. The zero-order chi connectivity index (χ0) is 18.7. The van der Waals surface area contributed by atoms with Crippen LogP contribution in [-0.2, 0) is 21.5 Å². The van der Waals surface area contributed by atoms with Crippen LogP contribution < -0.4 is 4.18 Å². The average Bonchev–Trinajstić information content (AvgIpc) is 2.89. The van der Waals surface area contributed by atoms with Gasteiger partial charge in [0.2, 0.25) is 0 Å². The van der Waals surface area contributed by atoms with Crippen LogP contribution in [-0.4, -0.2) is 32.6 Å². The summed E-state index contributed by atoms with van der Waals surface area (Å²) in [6, 6.07) is 5.71. The molecule has 2 saturated carbocycles. The Labute approximate surface area is 156 Å². The number of carbonyl (C=O) groups excluding carboxylic acids is 1. The first-order chi connectivity index (χ1) is 12.2. The number of Topliss-reactive ketones (excluding diaryl/α,β-unsaturated/α-hetero) is 1. The molecule has 4 rings (SSSR count). The van der Waals surface area contributed by atoms with Gasteiger partial charge in [0.1, 0.15) is 11.5 Å². The maximum absolute atomic E-state index is 12.4. The summed E-state index contributed by atoms with van der Waals surface area (Å²) in [7, 11) is -0.814. The molecule has 0 bridgehead atoms. The Kier molecular flexibility index (Phi) is 4.19. The van der Waals surface area contributed by atoms with Gasteiger partial charge in [-0.1, -0.05) is 13.0 Å². The monoisotopic (exact) mass is 377 g/mol. The van der Waals surface area contributed by atoms with Gasteiger partial charge in [-0.3, -0.25) is 4.79 Å². The van der Waals surface area contributed by atoms with Crippen LogP contribution in [0.25, 0.3) is 0 Å². The van der Waals surface area contributed by atoms with Crippen LogP contribution in [0.15, 0.2) is 18.2 Å². The Morgan fingerprint density at radius 1 is 1.15 bits per heavy atom. The molecular weight excluding hydrogens is 350 g/mol. The molecule has 1 aromatic rings. The molecule has 0 saturated heterocycles. The van der Waals surface area contributed by atoms with E-state index in [1.165, 1.54) is 25.2 Å². The lowest BCUT2D eigenvalue weighted by atomic mass is 9.55. The molecule has 3 aliphatic rings. The zero-order valence-corrected chi connectivity index (χ0v) is 16.5. The summed E-state index contributed by atoms with van der Waals surface area (Å²) in [4.78, 5) is 12.4. The molecule has 6 heteroatoms. The quantitative estimate of drug-likeness (QED) is 0.811. The molecule has 0 aromatic heterocycles. The average molecular weight is 378 g/mol. The van der Waals surface area contributed by atoms with Crippen molar-refractivity contribution < 1.29 is 17.4 Å².